The summed E-state index contributed by atoms with van der Waals surface area (Å²) in [4.78, 5) is 15.9. The Kier molecular flexibility index (Phi) is 3.80. The van der Waals surface area contributed by atoms with Crippen molar-refractivity contribution in [2.24, 2.45) is 0 Å². The number of anilines is 1. The second-order valence-corrected chi connectivity index (χ2v) is 5.73. The van der Waals surface area contributed by atoms with Gasteiger partial charge < -0.3 is 9.88 Å². The minimum atomic E-state index is -4.57. The van der Waals surface area contributed by atoms with E-state index in [4.69, 9.17) is 11.6 Å². The number of benzene rings is 1. The van der Waals surface area contributed by atoms with Gasteiger partial charge in [0.25, 0.3) is 0 Å². The molecule has 1 aliphatic heterocycles. The van der Waals surface area contributed by atoms with Crippen LogP contribution in [0.5, 0.6) is 0 Å². The first-order valence-corrected chi connectivity index (χ1v) is 7.50. The predicted octanol–water partition coefficient (Wildman–Crippen LogP) is 3.75. The molecule has 3 rings (SSSR count). The highest BCUT2D eigenvalue weighted by Crippen LogP contribution is 2.36. The predicted molar refractivity (Wildman–Crippen MR) is 80.7 cm³/mol. The summed E-state index contributed by atoms with van der Waals surface area (Å²) in [5, 5.41) is 0.00447. The highest BCUT2D eigenvalue weighted by molar-refractivity contribution is 6.18. The third-order valence-corrected chi connectivity index (χ3v) is 4.38. The zero-order valence-electron chi connectivity index (χ0n) is 11.6. The van der Waals surface area contributed by atoms with Crippen molar-refractivity contribution in [3.05, 3.63) is 40.2 Å². The Morgan fingerprint density at radius 2 is 2.09 bits per heavy atom. The van der Waals surface area contributed by atoms with Crippen molar-refractivity contribution in [3.63, 3.8) is 0 Å². The minimum Gasteiger partial charge on any atom is -0.367 e. The van der Waals surface area contributed by atoms with Crippen molar-refractivity contribution in [1.82, 2.24) is 4.98 Å². The average Bonchev–Trinajstić information content (AvgIpc) is 2.93. The fourth-order valence-electron chi connectivity index (χ4n) is 2.99. The van der Waals surface area contributed by atoms with Crippen LogP contribution in [0.1, 0.15) is 18.4 Å². The number of hydrogen-bond acceptors (Lipinski definition) is 2. The molecule has 22 heavy (non-hydrogen) atoms. The molecule has 1 aromatic heterocycles. The van der Waals surface area contributed by atoms with E-state index in [1.54, 1.807) is 6.07 Å². The van der Waals surface area contributed by atoms with Gasteiger partial charge in [0.15, 0.2) is 0 Å². The smallest absolute Gasteiger partial charge is 0.367 e. The molecule has 2 aromatic rings. The van der Waals surface area contributed by atoms with Gasteiger partial charge in [-0.2, -0.15) is 13.2 Å². The van der Waals surface area contributed by atoms with Gasteiger partial charge in [0.05, 0.1) is 5.56 Å². The second-order valence-electron chi connectivity index (χ2n) is 5.42. The van der Waals surface area contributed by atoms with E-state index in [9.17, 15) is 18.0 Å². The standard InChI is InChI=1S/C15H14ClF3N2O/c16-8-10-2-1-5-21(10)9-3-4-13-11(6-9)12(15(17,18)19)7-14(22)20-13/h3-4,6-7,10H,1-2,5,8H2,(H,20,22). The summed E-state index contributed by atoms with van der Waals surface area (Å²) in [7, 11) is 0. The Morgan fingerprint density at radius 1 is 1.32 bits per heavy atom. The molecule has 0 aliphatic carbocycles. The number of aromatic amines is 1. The van der Waals surface area contributed by atoms with Crippen LogP contribution in [0.15, 0.2) is 29.1 Å². The summed E-state index contributed by atoms with van der Waals surface area (Å²) >= 11 is 5.93. The van der Waals surface area contributed by atoms with E-state index in [1.807, 2.05) is 4.90 Å². The zero-order chi connectivity index (χ0) is 15.9. The molecule has 1 atom stereocenters. The number of rotatable bonds is 2. The molecular weight excluding hydrogens is 317 g/mol. The third kappa shape index (κ3) is 2.67. The first-order chi connectivity index (χ1) is 10.4. The maximum atomic E-state index is 13.2. The van der Waals surface area contributed by atoms with Crippen LogP contribution >= 0.6 is 11.6 Å². The van der Waals surface area contributed by atoms with E-state index in [-0.39, 0.29) is 16.9 Å². The van der Waals surface area contributed by atoms with Crippen LogP contribution in [0, 0.1) is 0 Å². The number of pyridine rings is 1. The molecule has 1 saturated heterocycles. The average molecular weight is 331 g/mol. The first kappa shape index (κ1) is 15.2. The van der Waals surface area contributed by atoms with E-state index in [1.165, 1.54) is 12.1 Å². The van der Waals surface area contributed by atoms with Crippen LogP contribution in [0.4, 0.5) is 18.9 Å². The lowest BCUT2D eigenvalue weighted by Gasteiger charge is -2.25. The van der Waals surface area contributed by atoms with E-state index >= 15 is 0 Å². The summed E-state index contributed by atoms with van der Waals surface area (Å²) in [5.41, 5.74) is -0.777. The second kappa shape index (κ2) is 5.50. The van der Waals surface area contributed by atoms with Crippen LogP contribution in [-0.2, 0) is 6.18 Å². The fourth-order valence-corrected chi connectivity index (χ4v) is 3.31. The van der Waals surface area contributed by atoms with E-state index in [0.29, 0.717) is 17.6 Å². The summed E-state index contributed by atoms with van der Waals surface area (Å²) in [6.45, 7) is 0.771. The van der Waals surface area contributed by atoms with Gasteiger partial charge in [-0.15, -0.1) is 11.6 Å². The molecule has 1 unspecified atom stereocenters. The van der Waals surface area contributed by atoms with Crippen molar-refractivity contribution in [2.75, 3.05) is 17.3 Å². The van der Waals surface area contributed by atoms with Gasteiger partial charge in [-0.1, -0.05) is 0 Å². The zero-order valence-corrected chi connectivity index (χ0v) is 12.3. The summed E-state index contributed by atoms with van der Waals surface area (Å²) in [6, 6.07) is 5.47. The van der Waals surface area contributed by atoms with E-state index in [0.717, 1.165) is 19.4 Å². The molecule has 1 fully saturated rings. The number of nitrogens with one attached hydrogen (secondary N) is 1. The molecular formula is C15H14ClF3N2O. The molecule has 0 radical (unpaired) electrons. The first-order valence-electron chi connectivity index (χ1n) is 6.97. The quantitative estimate of drug-likeness (QED) is 0.851. The lowest BCUT2D eigenvalue weighted by atomic mass is 10.1. The Labute approximate surface area is 129 Å². The van der Waals surface area contributed by atoms with Gasteiger partial charge >= 0.3 is 6.18 Å². The molecule has 1 aliphatic rings. The van der Waals surface area contributed by atoms with Gasteiger partial charge in [-0.25, -0.2) is 0 Å². The van der Waals surface area contributed by atoms with Crippen LogP contribution in [0.25, 0.3) is 10.9 Å². The summed E-state index contributed by atoms with van der Waals surface area (Å²) in [6.07, 6.45) is -2.67. The summed E-state index contributed by atoms with van der Waals surface area (Å²) in [5.74, 6) is 0.440. The maximum absolute atomic E-state index is 13.2. The Morgan fingerprint density at radius 3 is 2.77 bits per heavy atom. The number of fused-ring (bicyclic) bond motifs is 1. The van der Waals surface area contributed by atoms with E-state index in [2.05, 4.69) is 4.98 Å². The molecule has 0 amide bonds. The van der Waals surface area contributed by atoms with Crippen LogP contribution in [0.3, 0.4) is 0 Å². The Hall–Kier alpha value is -1.69. The van der Waals surface area contributed by atoms with Crippen LogP contribution < -0.4 is 10.5 Å². The van der Waals surface area contributed by atoms with Crippen molar-refractivity contribution >= 4 is 28.2 Å². The fraction of sp³-hybridized carbons (Fsp3) is 0.400. The number of aromatic nitrogens is 1. The molecule has 1 aromatic carbocycles. The van der Waals surface area contributed by atoms with Crippen molar-refractivity contribution < 1.29 is 13.2 Å². The van der Waals surface area contributed by atoms with Crippen molar-refractivity contribution in [2.45, 2.75) is 25.1 Å². The Bertz CT molecular complexity index is 757. The van der Waals surface area contributed by atoms with E-state index < -0.39 is 17.3 Å². The SMILES string of the molecule is O=c1cc(C(F)(F)F)c2cc(N3CCCC3CCl)ccc2[nH]1. The monoisotopic (exact) mass is 330 g/mol. The lowest BCUT2D eigenvalue weighted by molar-refractivity contribution is -0.136. The van der Waals surface area contributed by atoms with Crippen molar-refractivity contribution in [3.8, 4) is 0 Å². The summed E-state index contributed by atoms with van der Waals surface area (Å²) < 4.78 is 39.5. The number of nitrogens with zero attached hydrogens (tertiary/aromatic N) is 1. The number of alkyl halides is 4. The van der Waals surface area contributed by atoms with Crippen LogP contribution in [-0.4, -0.2) is 23.5 Å². The highest BCUT2D eigenvalue weighted by atomic mass is 35.5. The van der Waals surface area contributed by atoms with Crippen LogP contribution in [0.2, 0.25) is 0 Å². The molecule has 3 nitrogen and oxygen atoms in total. The molecule has 0 bridgehead atoms. The molecule has 2 heterocycles. The molecule has 0 saturated carbocycles. The van der Waals surface area contributed by atoms with Gasteiger partial charge in [-0.3, -0.25) is 4.79 Å². The lowest BCUT2D eigenvalue weighted by Crippen LogP contribution is -2.30. The minimum absolute atomic E-state index is 0.00447. The van der Waals surface area contributed by atoms with Gasteiger partial charge in [-0.05, 0) is 31.0 Å². The molecule has 7 heteroatoms. The third-order valence-electron chi connectivity index (χ3n) is 4.02. The Balaban J connectivity index is 2.16. The normalized spacial score (nSPS) is 19.1. The maximum Gasteiger partial charge on any atom is 0.417 e. The highest BCUT2D eigenvalue weighted by Gasteiger charge is 2.34. The molecule has 1 N–H and O–H groups in total. The molecule has 118 valence electrons. The number of halogens is 4. The largest absolute Gasteiger partial charge is 0.417 e. The van der Waals surface area contributed by atoms with Crippen molar-refractivity contribution in [1.29, 1.82) is 0 Å². The van der Waals surface area contributed by atoms with Gasteiger partial charge in [0, 0.05) is 41.1 Å². The topological polar surface area (TPSA) is 36.1 Å². The molecule has 0 spiro atoms. The number of hydrogen-bond donors (Lipinski definition) is 1. The van der Waals surface area contributed by atoms with Gasteiger partial charge in [0.1, 0.15) is 0 Å². The van der Waals surface area contributed by atoms with Gasteiger partial charge in [0.2, 0.25) is 5.56 Å². The number of H-pyrrole nitrogens is 1.